The van der Waals surface area contributed by atoms with Crippen molar-refractivity contribution in [1.29, 1.82) is 0 Å². The molecule has 2 rings (SSSR count). The number of nitrogens with zero attached hydrogens (tertiary/aromatic N) is 2. The van der Waals surface area contributed by atoms with Crippen molar-refractivity contribution in [3.05, 3.63) is 16.4 Å². The Morgan fingerprint density at radius 2 is 2.32 bits per heavy atom. The summed E-state index contributed by atoms with van der Waals surface area (Å²) >= 11 is 6.39. The van der Waals surface area contributed by atoms with Gasteiger partial charge in [-0.1, -0.05) is 11.6 Å². The van der Waals surface area contributed by atoms with Crippen LogP contribution in [0, 0.1) is 12.8 Å². The van der Waals surface area contributed by atoms with E-state index in [1.165, 1.54) is 0 Å². The van der Waals surface area contributed by atoms with Gasteiger partial charge in [-0.15, -0.1) is 0 Å². The summed E-state index contributed by atoms with van der Waals surface area (Å²) < 4.78 is 7.70. The predicted molar refractivity (Wildman–Crippen MR) is 77.7 cm³/mol. The molecule has 1 aliphatic heterocycles. The van der Waals surface area contributed by atoms with Crippen molar-refractivity contribution < 1.29 is 4.74 Å². The fourth-order valence-electron chi connectivity index (χ4n) is 2.91. The second kappa shape index (κ2) is 6.25. The Bertz CT molecular complexity index is 433. The number of likely N-dealkylation sites (N-methyl/N-ethyl adjacent to an activating group) is 1. The molecule has 0 bridgehead atoms. The molecule has 0 aromatic carbocycles. The lowest BCUT2D eigenvalue weighted by atomic mass is 9.93. The molecule has 3 unspecified atom stereocenters. The van der Waals surface area contributed by atoms with Crippen LogP contribution in [0.3, 0.4) is 0 Å². The summed E-state index contributed by atoms with van der Waals surface area (Å²) in [6.07, 6.45) is 2.39. The predicted octanol–water partition coefficient (Wildman–Crippen LogP) is 2.42. The summed E-state index contributed by atoms with van der Waals surface area (Å²) in [5, 5.41) is 8.72. The monoisotopic (exact) mass is 285 g/mol. The summed E-state index contributed by atoms with van der Waals surface area (Å²) in [7, 11) is 2.01. The molecular formula is C14H24ClN3O. The van der Waals surface area contributed by atoms with Crippen molar-refractivity contribution in [2.75, 3.05) is 13.7 Å². The number of halogens is 1. The summed E-state index contributed by atoms with van der Waals surface area (Å²) in [5.74, 6) is 0.552. The van der Waals surface area contributed by atoms with Crippen LogP contribution >= 0.6 is 11.6 Å². The zero-order valence-corrected chi connectivity index (χ0v) is 13.0. The standard InChI is InChI=1S/C14H24ClN3O/c1-5-18-13(14(15)10(3)17-18)7-12(16-4)11-6-9(2)19-8-11/h9,11-12,16H,5-8H2,1-4H3. The molecule has 1 aliphatic rings. The number of nitrogens with one attached hydrogen (secondary N) is 1. The van der Waals surface area contributed by atoms with E-state index in [-0.39, 0.29) is 0 Å². The number of rotatable bonds is 5. The first kappa shape index (κ1) is 14.8. The number of hydrogen-bond donors (Lipinski definition) is 1. The van der Waals surface area contributed by atoms with Crippen LogP contribution in [0.1, 0.15) is 31.7 Å². The van der Waals surface area contributed by atoms with E-state index < -0.39 is 0 Å². The van der Waals surface area contributed by atoms with Crippen LogP contribution in [0.15, 0.2) is 0 Å². The molecule has 4 nitrogen and oxygen atoms in total. The minimum absolute atomic E-state index is 0.370. The van der Waals surface area contributed by atoms with Gasteiger partial charge in [-0.25, -0.2) is 0 Å². The Labute approximate surface area is 120 Å². The SMILES string of the molecule is CCn1nc(C)c(Cl)c1CC(NC)C1COC(C)C1. The van der Waals surface area contributed by atoms with Gasteiger partial charge in [0.1, 0.15) is 0 Å². The molecule has 1 fully saturated rings. The summed E-state index contributed by atoms with van der Waals surface area (Å²) in [4.78, 5) is 0. The highest BCUT2D eigenvalue weighted by Crippen LogP contribution is 2.27. The van der Waals surface area contributed by atoms with Gasteiger partial charge in [0.15, 0.2) is 0 Å². The van der Waals surface area contributed by atoms with Crippen LogP contribution in [0.2, 0.25) is 5.02 Å². The second-order valence-corrected chi connectivity index (χ2v) is 5.78. The molecule has 1 saturated heterocycles. The number of hydrogen-bond acceptors (Lipinski definition) is 3. The van der Waals surface area contributed by atoms with E-state index in [1.54, 1.807) is 0 Å². The Hall–Kier alpha value is -0.580. The maximum Gasteiger partial charge on any atom is 0.0847 e. The quantitative estimate of drug-likeness (QED) is 0.903. The van der Waals surface area contributed by atoms with Crippen molar-refractivity contribution >= 4 is 11.6 Å². The lowest BCUT2D eigenvalue weighted by molar-refractivity contribution is 0.117. The molecule has 0 amide bonds. The van der Waals surface area contributed by atoms with E-state index in [0.29, 0.717) is 18.1 Å². The van der Waals surface area contributed by atoms with Crippen molar-refractivity contribution in [1.82, 2.24) is 15.1 Å². The number of aromatic nitrogens is 2. The van der Waals surface area contributed by atoms with E-state index in [9.17, 15) is 0 Å². The molecule has 2 heterocycles. The fraction of sp³-hybridized carbons (Fsp3) is 0.786. The van der Waals surface area contributed by atoms with Gasteiger partial charge in [0.25, 0.3) is 0 Å². The third kappa shape index (κ3) is 3.12. The van der Waals surface area contributed by atoms with Crippen LogP contribution < -0.4 is 5.32 Å². The topological polar surface area (TPSA) is 39.1 Å². The van der Waals surface area contributed by atoms with Crippen LogP contribution in [0.4, 0.5) is 0 Å². The molecule has 5 heteroatoms. The first-order valence-electron chi connectivity index (χ1n) is 7.07. The van der Waals surface area contributed by atoms with Gasteiger partial charge < -0.3 is 10.1 Å². The molecule has 19 heavy (non-hydrogen) atoms. The second-order valence-electron chi connectivity index (χ2n) is 5.40. The smallest absolute Gasteiger partial charge is 0.0847 e. The molecule has 108 valence electrons. The molecule has 0 aliphatic carbocycles. The minimum atomic E-state index is 0.370. The Balaban J connectivity index is 2.14. The van der Waals surface area contributed by atoms with E-state index >= 15 is 0 Å². The van der Waals surface area contributed by atoms with E-state index in [1.807, 2.05) is 18.7 Å². The zero-order valence-electron chi connectivity index (χ0n) is 12.2. The molecule has 1 N–H and O–H groups in total. The third-order valence-corrected chi connectivity index (χ3v) is 4.53. The number of aryl methyl sites for hydroxylation is 2. The van der Waals surface area contributed by atoms with Gasteiger partial charge in [-0.3, -0.25) is 4.68 Å². The van der Waals surface area contributed by atoms with Gasteiger partial charge >= 0.3 is 0 Å². The largest absolute Gasteiger partial charge is 0.378 e. The van der Waals surface area contributed by atoms with Crippen LogP contribution in [-0.2, 0) is 17.7 Å². The Kier molecular flexibility index (Phi) is 4.87. The molecule has 0 saturated carbocycles. The van der Waals surface area contributed by atoms with Gasteiger partial charge in [0.2, 0.25) is 0 Å². The van der Waals surface area contributed by atoms with Crippen molar-refractivity contribution in [2.24, 2.45) is 5.92 Å². The summed E-state index contributed by atoms with van der Waals surface area (Å²) in [6.45, 7) is 7.90. The van der Waals surface area contributed by atoms with E-state index in [0.717, 1.165) is 42.4 Å². The zero-order chi connectivity index (χ0) is 14.0. The van der Waals surface area contributed by atoms with E-state index in [4.69, 9.17) is 16.3 Å². The highest BCUT2D eigenvalue weighted by molar-refractivity contribution is 6.31. The maximum atomic E-state index is 6.39. The Morgan fingerprint density at radius 3 is 2.84 bits per heavy atom. The maximum absolute atomic E-state index is 6.39. The summed E-state index contributed by atoms with van der Waals surface area (Å²) in [6, 6.07) is 0.392. The molecule has 1 aromatic rings. The van der Waals surface area contributed by atoms with Gasteiger partial charge in [-0.2, -0.15) is 5.10 Å². The highest BCUT2D eigenvalue weighted by Gasteiger charge is 2.30. The molecule has 0 radical (unpaired) electrons. The average molecular weight is 286 g/mol. The first-order chi connectivity index (χ1) is 9.06. The normalized spacial score (nSPS) is 24.9. The van der Waals surface area contributed by atoms with Crippen molar-refractivity contribution in [3.63, 3.8) is 0 Å². The van der Waals surface area contributed by atoms with Gasteiger partial charge in [0, 0.05) is 24.9 Å². The summed E-state index contributed by atoms with van der Waals surface area (Å²) in [5.41, 5.74) is 2.06. The van der Waals surface area contributed by atoms with Crippen LogP contribution in [-0.4, -0.2) is 35.6 Å². The molecule has 0 spiro atoms. The van der Waals surface area contributed by atoms with E-state index in [2.05, 4.69) is 24.3 Å². The Morgan fingerprint density at radius 1 is 1.58 bits per heavy atom. The molecule has 3 atom stereocenters. The van der Waals surface area contributed by atoms with Gasteiger partial charge in [-0.05, 0) is 34.2 Å². The lowest BCUT2D eigenvalue weighted by Crippen LogP contribution is -2.36. The van der Waals surface area contributed by atoms with Crippen LogP contribution in [0.5, 0.6) is 0 Å². The third-order valence-electron chi connectivity index (χ3n) is 4.04. The van der Waals surface area contributed by atoms with Crippen molar-refractivity contribution in [2.45, 2.75) is 52.3 Å². The van der Waals surface area contributed by atoms with Crippen LogP contribution in [0.25, 0.3) is 0 Å². The molecule has 1 aromatic heterocycles. The highest BCUT2D eigenvalue weighted by atomic mass is 35.5. The number of ether oxygens (including phenoxy) is 1. The average Bonchev–Trinajstić information content (AvgIpc) is 2.93. The molecular weight excluding hydrogens is 262 g/mol. The van der Waals surface area contributed by atoms with Gasteiger partial charge in [0.05, 0.1) is 29.1 Å². The first-order valence-corrected chi connectivity index (χ1v) is 7.45. The lowest BCUT2D eigenvalue weighted by Gasteiger charge is -2.22. The van der Waals surface area contributed by atoms with Crippen molar-refractivity contribution in [3.8, 4) is 0 Å². The minimum Gasteiger partial charge on any atom is -0.378 e. The fourth-order valence-corrected chi connectivity index (χ4v) is 3.12.